The zero-order valence-corrected chi connectivity index (χ0v) is 72.4. The molecule has 119 heavy (non-hydrogen) atoms. The zero-order chi connectivity index (χ0) is 86.6. The third kappa shape index (κ3) is 33.7. The quantitative estimate of drug-likeness (QED) is 0.00252. The van der Waals surface area contributed by atoms with E-state index in [1.54, 1.807) is 42.6 Å². The van der Waals surface area contributed by atoms with E-state index in [4.69, 9.17) is 42.7 Å². The Morgan fingerprint density at radius 2 is 1.24 bits per heavy atom. The van der Waals surface area contributed by atoms with Crippen molar-refractivity contribution in [3.8, 4) is 0 Å². The Hall–Kier alpha value is -9.85. The second kappa shape index (κ2) is 49.0. The summed E-state index contributed by atoms with van der Waals surface area (Å²) in [7, 11) is 6.02. The van der Waals surface area contributed by atoms with Gasteiger partial charge in [-0.25, -0.2) is 9.59 Å². The first kappa shape index (κ1) is 96.3. The molecule has 11 N–H and O–H groups in total. The van der Waals surface area contributed by atoms with Crippen LogP contribution in [0, 0.1) is 0 Å². The van der Waals surface area contributed by atoms with Crippen LogP contribution in [-0.4, -0.2) is 220 Å². The van der Waals surface area contributed by atoms with Gasteiger partial charge in [0.2, 0.25) is 41.4 Å². The molecule has 2 saturated heterocycles. The van der Waals surface area contributed by atoms with Gasteiger partial charge in [0, 0.05) is 104 Å². The summed E-state index contributed by atoms with van der Waals surface area (Å²) in [6, 6.07) is 20.9. The average molecular weight is 1740 g/mol. The highest BCUT2D eigenvalue weighted by Crippen LogP contribution is 2.45. The maximum absolute atomic E-state index is 14.6. The molecule has 1 radical (unpaired) electrons. The van der Waals surface area contributed by atoms with Crippen LogP contribution >= 0.6 is 54.9 Å². The van der Waals surface area contributed by atoms with E-state index in [0.29, 0.717) is 73.4 Å². The van der Waals surface area contributed by atoms with Crippen molar-refractivity contribution >= 4 is 148 Å². The molecule has 5 aromatic rings. The fraction of sp³-hybridized carbons (Fsp3) is 0.525. The second-order valence-corrected chi connectivity index (χ2v) is 38.5. The number of aromatic amines is 1. The van der Waals surface area contributed by atoms with Gasteiger partial charge in [0.05, 0.1) is 6.54 Å². The number of nitrogens with two attached hydrogens (primary N) is 1. The number of primary amides is 1. The summed E-state index contributed by atoms with van der Waals surface area (Å²) < 4.78 is 15.7. The van der Waals surface area contributed by atoms with Crippen LogP contribution in [0.3, 0.4) is 0 Å². The molecule has 2 aliphatic heterocycles. The van der Waals surface area contributed by atoms with Gasteiger partial charge in [-0.3, -0.25) is 52.8 Å². The van der Waals surface area contributed by atoms with Crippen LogP contribution in [0.5, 0.6) is 0 Å². The topological polar surface area (TPSA) is 478 Å². The van der Waals surface area contributed by atoms with Gasteiger partial charge in [0.1, 0.15) is 55.5 Å². The number of carbonyl (C=O) groups excluding carboxylic acids is 12. The van der Waals surface area contributed by atoms with Crippen LogP contribution in [0.1, 0.15) is 134 Å². The van der Waals surface area contributed by atoms with Gasteiger partial charge >= 0.3 is 18.2 Å². The van der Waals surface area contributed by atoms with Crippen LogP contribution < -0.4 is 48.3 Å². The summed E-state index contributed by atoms with van der Waals surface area (Å²) >= 11 is 5.78. The molecule has 2 fully saturated rings. The molecule has 0 saturated carbocycles. The number of thiol groups is 1. The van der Waals surface area contributed by atoms with E-state index in [9.17, 15) is 57.5 Å². The molecular weight excluding hydrogens is 1630 g/mol. The number of amides is 10. The Kier molecular flexibility index (Phi) is 39.7. The molecule has 1 unspecified atom stereocenters. The first-order valence-electron chi connectivity index (χ1n) is 39.3. The molecule has 34 nitrogen and oxygen atoms in total. The number of thioether (sulfide) groups is 1. The minimum atomic E-state index is -1.49. The number of nitrogens with one attached hydrogen (secondary N) is 9. The summed E-state index contributed by atoms with van der Waals surface area (Å²) in [5, 5.41) is 29.6. The number of para-hydroxylation sites is 1. The lowest BCUT2D eigenvalue weighted by molar-refractivity contribution is -0.153. The van der Waals surface area contributed by atoms with Gasteiger partial charge < -0.3 is 77.3 Å². The van der Waals surface area contributed by atoms with Crippen LogP contribution in [0.2, 0.25) is 0 Å². The highest BCUT2D eigenvalue weighted by Gasteiger charge is 2.41. The molecule has 2 aliphatic rings. The number of alkyl carbamates (subject to hydrolysis) is 2. The number of benzene rings is 4. The number of azide groups is 2. The summed E-state index contributed by atoms with van der Waals surface area (Å²) in [4.78, 5) is 181. The Balaban J connectivity index is 0.994. The SMILES string of the molecule is C[C@H](C[S](S)C(C)(C)C)NC(=O)[C@H](Cc1c[nH]c2ccccc12)NC(=O)[C@H](CCCCN(C)C)NC(=O)CNC(=O)[C@H](CSSC(C)(C)CN1CCCC1C(=O)OCC(=O)N[C@@H](CCCCNC(=O)OCc1ccc(N=[N+]=[N-])cc1)C(=O)N[C@@H](CC(=O)SCc1ccccc1)C(=O)N1CCC[C@H]1C(N)=O)NC(=O)OCc1ccc(N=[N+]=[N-])cc1. The zero-order valence-electron chi connectivity index (χ0n) is 68.3. The van der Waals surface area contributed by atoms with Crippen LogP contribution in [0.25, 0.3) is 31.8 Å². The molecule has 0 aliphatic carbocycles. The molecular formula is C80H110N19O15S5. The second-order valence-electron chi connectivity index (χ2n) is 30.8. The van der Waals surface area contributed by atoms with E-state index < -0.39 is 137 Å². The van der Waals surface area contributed by atoms with E-state index in [0.717, 1.165) is 33.8 Å². The first-order chi connectivity index (χ1) is 56.8. The van der Waals surface area contributed by atoms with Crippen molar-refractivity contribution in [2.75, 3.05) is 71.5 Å². The Labute approximate surface area is 712 Å². The van der Waals surface area contributed by atoms with Gasteiger partial charge in [0.25, 0.3) is 5.91 Å². The third-order valence-corrected chi connectivity index (χ3v) is 27.8. The largest absolute Gasteiger partial charge is 0.454 e. The number of hydrogen-bond donors (Lipinski definition) is 11. The highest BCUT2D eigenvalue weighted by molar-refractivity contribution is 8.78. The molecule has 0 bridgehead atoms. The first-order valence-corrected chi connectivity index (χ1v) is 45.0. The predicted molar refractivity (Wildman–Crippen MR) is 465 cm³/mol. The maximum Gasteiger partial charge on any atom is 0.408 e. The van der Waals surface area contributed by atoms with Crippen molar-refractivity contribution in [3.05, 3.63) is 152 Å². The van der Waals surface area contributed by atoms with Crippen molar-refractivity contribution in [1.82, 2.24) is 62.2 Å². The summed E-state index contributed by atoms with van der Waals surface area (Å²) in [5.41, 5.74) is 27.7. The van der Waals surface area contributed by atoms with Crippen molar-refractivity contribution in [2.24, 2.45) is 16.0 Å². The fourth-order valence-electron chi connectivity index (χ4n) is 13.0. The number of rotatable bonds is 47. The minimum absolute atomic E-state index is 0.0679. The fourth-order valence-corrected chi connectivity index (χ4v) is 18.3. The van der Waals surface area contributed by atoms with E-state index in [2.05, 4.69) is 88.3 Å². The number of fused-ring (bicyclic) bond motifs is 1. The smallest absolute Gasteiger partial charge is 0.408 e. The number of unbranched alkanes of at least 4 members (excludes halogenated alkanes) is 2. The van der Waals surface area contributed by atoms with Gasteiger partial charge in [-0.15, -0.1) is 21.6 Å². The van der Waals surface area contributed by atoms with E-state index >= 15 is 0 Å². The number of hydrogen-bond acceptors (Lipinski definition) is 23. The molecule has 7 rings (SSSR count). The maximum atomic E-state index is 14.6. The average Bonchev–Trinajstić information content (AvgIpc) is 1.72. The molecule has 39 heteroatoms. The van der Waals surface area contributed by atoms with E-state index in [-0.39, 0.29) is 104 Å². The number of likely N-dealkylation sites (tertiary alicyclic amines) is 2. The molecule has 1 aromatic heterocycles. The predicted octanol–water partition coefficient (Wildman–Crippen LogP) is 9.68. The molecule has 0 spiro atoms. The molecule has 8 atom stereocenters. The summed E-state index contributed by atoms with van der Waals surface area (Å²) in [5.74, 6) is -5.72. The van der Waals surface area contributed by atoms with Gasteiger partial charge in [-0.2, -0.15) is 0 Å². The van der Waals surface area contributed by atoms with E-state index in [1.807, 2.05) is 99.3 Å². The van der Waals surface area contributed by atoms with Crippen LogP contribution in [0.15, 0.2) is 120 Å². The molecule has 10 amide bonds. The number of ether oxygens (including phenoxy) is 3. The Morgan fingerprint density at radius 1 is 0.655 bits per heavy atom. The number of nitrogens with zero attached hydrogens (tertiary/aromatic N) is 9. The van der Waals surface area contributed by atoms with Crippen molar-refractivity contribution in [3.63, 3.8) is 0 Å². The molecule has 645 valence electrons. The van der Waals surface area contributed by atoms with E-state index in [1.165, 1.54) is 38.6 Å². The standard InChI is InChI=1S/C80H110N19O15S5/c1-51(49-119(115)79(2,3)4)87-74(107)62(40-55-42-85-59-23-13-12-22-58(55)59)90-72(105)60(25-15-17-37-97(7)8)88-67(100)43-86-71(104)64(92-78(111)114-45-53-30-34-57(35-31-53)94-96-83)48-117-118-80(5,6)50-98-38-18-27-66(98)76(109)112-46-68(101)89-61(24-14-16-36-84-77(110)113-44-52-28-32-56(33-29-52)93-95-82)73(106)91-63(75(108)99-39-19-26-65(99)70(81)103)41-69(102)116-47-54-20-10-9-11-21-54/h9-13,20-23,28-35,42,51,60-66,85,115H,14-19,24-27,36-41,43-50H2,1-8H3,(H2,81,103)(H,84,110)(H,86,104)(H,87,107)(H,88,100)(H,89,101)(H,90,105)(H,91,106)(H,92,111)/t51-,60+,61+,62+,63+,64+,65+,66?/m1/s1. The normalized spacial score (nSPS) is 15.6. The van der Waals surface area contributed by atoms with Crippen LogP contribution in [-0.2, 0) is 87.5 Å². The number of carbonyl (C=O) groups is 12. The molecule has 3 heterocycles. The highest BCUT2D eigenvalue weighted by atomic mass is 33.1. The van der Waals surface area contributed by atoms with Crippen molar-refractivity contribution < 1.29 is 71.7 Å². The Bertz CT molecular complexity index is 4360. The number of esters is 1. The van der Waals surface area contributed by atoms with Crippen LogP contribution in [0.4, 0.5) is 21.0 Å². The lowest BCUT2D eigenvalue weighted by atomic mass is 10.0. The molecule has 4 aromatic carbocycles. The number of aromatic nitrogens is 1. The van der Waals surface area contributed by atoms with Crippen molar-refractivity contribution in [2.45, 2.75) is 195 Å². The summed E-state index contributed by atoms with van der Waals surface area (Å²) in [6.07, 6.45) is 3.13. The lowest BCUT2D eigenvalue weighted by Crippen LogP contribution is -2.57. The summed E-state index contributed by atoms with van der Waals surface area (Å²) in [6.45, 7) is 11.8. The van der Waals surface area contributed by atoms with Crippen molar-refractivity contribution in [1.29, 1.82) is 0 Å². The minimum Gasteiger partial charge on any atom is -0.454 e. The lowest BCUT2D eigenvalue weighted by Gasteiger charge is -2.32. The number of H-pyrrole nitrogens is 1. The third-order valence-electron chi connectivity index (χ3n) is 19.2. The Morgan fingerprint density at radius 3 is 1.87 bits per heavy atom. The van der Waals surface area contributed by atoms with Gasteiger partial charge in [0.15, 0.2) is 11.7 Å². The van der Waals surface area contributed by atoms with Gasteiger partial charge in [-0.05, 0) is 152 Å². The monoisotopic (exact) mass is 1740 g/mol. The van der Waals surface area contributed by atoms with Gasteiger partial charge in [-0.1, -0.05) is 161 Å².